The molecule has 1 amide bonds. The molecular formula is C33H41N5O6S4. The van der Waals surface area contributed by atoms with E-state index in [1.165, 1.54) is 24.9 Å². The van der Waals surface area contributed by atoms with Gasteiger partial charge in [0.1, 0.15) is 21.3 Å². The van der Waals surface area contributed by atoms with Gasteiger partial charge >= 0.3 is 0 Å². The van der Waals surface area contributed by atoms with Crippen LogP contribution in [0.5, 0.6) is 5.75 Å². The largest absolute Gasteiger partial charge is 0.493 e. The number of ether oxygens (including phenoxy) is 1. The number of sulfonamides is 1. The number of anilines is 1. The summed E-state index contributed by atoms with van der Waals surface area (Å²) < 4.78 is 57.3. The lowest BCUT2D eigenvalue weighted by atomic mass is 10.2. The summed E-state index contributed by atoms with van der Waals surface area (Å²) in [4.78, 5) is 23.2. The van der Waals surface area contributed by atoms with Crippen molar-refractivity contribution in [2.45, 2.75) is 22.4 Å². The maximum Gasteiger partial charge on any atom is 0.281 e. The van der Waals surface area contributed by atoms with Crippen molar-refractivity contribution < 1.29 is 26.4 Å². The second-order valence-corrected chi connectivity index (χ2v) is 18.3. The number of thioether (sulfide) groups is 2. The number of pyridine rings is 1. The number of aromatic amines is 1. The van der Waals surface area contributed by atoms with Crippen LogP contribution in [0.3, 0.4) is 0 Å². The molecule has 3 heterocycles. The van der Waals surface area contributed by atoms with Gasteiger partial charge in [-0.2, -0.15) is 31.9 Å². The molecule has 1 unspecified atom stereocenters. The Balaban J connectivity index is 1.37. The van der Waals surface area contributed by atoms with Crippen LogP contribution in [-0.4, -0.2) is 106 Å². The van der Waals surface area contributed by atoms with E-state index in [4.69, 9.17) is 4.74 Å². The van der Waals surface area contributed by atoms with Crippen molar-refractivity contribution >= 4 is 65.9 Å². The van der Waals surface area contributed by atoms with Crippen LogP contribution in [0.1, 0.15) is 22.5 Å². The van der Waals surface area contributed by atoms with Crippen molar-refractivity contribution in [3.63, 3.8) is 0 Å². The highest BCUT2D eigenvalue weighted by atomic mass is 32.2. The number of hydrogen-bond donors (Lipinski definition) is 2. The van der Waals surface area contributed by atoms with Gasteiger partial charge in [-0.05, 0) is 36.2 Å². The fourth-order valence-corrected chi connectivity index (χ4v) is 9.16. The van der Waals surface area contributed by atoms with Gasteiger partial charge in [-0.3, -0.25) is 9.10 Å². The summed E-state index contributed by atoms with van der Waals surface area (Å²) in [6.45, 7) is 3.50. The maximum atomic E-state index is 13.6. The van der Waals surface area contributed by atoms with E-state index in [-0.39, 0.29) is 46.3 Å². The third-order valence-electron chi connectivity index (χ3n) is 7.84. The highest BCUT2D eigenvalue weighted by Gasteiger charge is 2.26. The zero-order valence-corrected chi connectivity index (χ0v) is 30.3. The molecule has 1 atom stereocenters. The standard InChI is InChI=1S/C33H41N5O6S4/c1-37(48(42,43)31-11-6-7-12-34-31)30-21-27(44-15-8-18-47(2,40)41)19-26-20-29(36-32(26)30)33(39)35-22-28(23-38-13-16-45-17-14-38)46-24-25-9-4-3-5-10-25/h3-7,9-12,19-21,28,36H,8,13-18,22-24H2,1-2H3,(H,35,39). The predicted molar refractivity (Wildman–Crippen MR) is 196 cm³/mol. The van der Waals surface area contributed by atoms with Gasteiger partial charge in [-0.15, -0.1) is 0 Å². The molecule has 1 aliphatic rings. The number of amides is 1. The van der Waals surface area contributed by atoms with Gasteiger partial charge in [0, 0.05) is 79.6 Å². The second kappa shape index (κ2) is 16.4. The average Bonchev–Trinajstić information content (AvgIpc) is 3.52. The first-order valence-corrected chi connectivity index (χ1v) is 21.3. The Labute approximate surface area is 291 Å². The Kier molecular flexibility index (Phi) is 12.3. The van der Waals surface area contributed by atoms with E-state index < -0.39 is 19.9 Å². The van der Waals surface area contributed by atoms with Crippen molar-refractivity contribution in [3.8, 4) is 5.75 Å². The molecular weight excluding hydrogens is 691 g/mol. The minimum absolute atomic E-state index is 0.0358. The number of fused-ring (bicyclic) bond motifs is 1. The van der Waals surface area contributed by atoms with Gasteiger partial charge in [0.2, 0.25) is 0 Å². The number of hydrogen-bond acceptors (Lipinski definition) is 10. The SMILES string of the molecule is CN(c1cc(OCCCS(C)(=O)=O)cc2cc(C(=O)NCC(CN3CCSCC3)SCc3ccccc3)[nH]c12)S(=O)(=O)c1ccccn1. The number of sulfone groups is 1. The molecule has 0 radical (unpaired) electrons. The monoisotopic (exact) mass is 731 g/mol. The lowest BCUT2D eigenvalue weighted by Gasteiger charge is -2.30. The predicted octanol–water partition coefficient (Wildman–Crippen LogP) is 4.28. The normalized spacial score (nSPS) is 14.9. The topological polar surface area (TPSA) is 142 Å². The zero-order chi connectivity index (χ0) is 34.1. The Morgan fingerprint density at radius 2 is 1.83 bits per heavy atom. The molecule has 1 aliphatic heterocycles. The summed E-state index contributed by atoms with van der Waals surface area (Å²) in [5, 5.41) is 3.71. The number of carbonyl (C=O) groups is 1. The van der Waals surface area contributed by atoms with Gasteiger partial charge in [-0.25, -0.2) is 13.4 Å². The molecule has 5 rings (SSSR count). The summed E-state index contributed by atoms with van der Waals surface area (Å²) in [5.74, 6) is 3.05. The van der Waals surface area contributed by atoms with Crippen LogP contribution in [0.2, 0.25) is 0 Å². The van der Waals surface area contributed by atoms with Crippen molar-refractivity contribution in [1.82, 2.24) is 20.2 Å². The summed E-state index contributed by atoms with van der Waals surface area (Å²) >= 11 is 3.79. The van der Waals surface area contributed by atoms with E-state index in [9.17, 15) is 21.6 Å². The maximum absolute atomic E-state index is 13.6. The quantitative estimate of drug-likeness (QED) is 0.161. The number of carbonyl (C=O) groups excluding carboxylic acids is 1. The lowest BCUT2D eigenvalue weighted by Crippen LogP contribution is -2.42. The van der Waals surface area contributed by atoms with Crippen LogP contribution < -0.4 is 14.4 Å². The van der Waals surface area contributed by atoms with Crippen LogP contribution in [0.4, 0.5) is 5.69 Å². The first kappa shape index (κ1) is 36.1. The Morgan fingerprint density at radius 3 is 2.54 bits per heavy atom. The molecule has 4 aromatic rings. The number of nitrogens with one attached hydrogen (secondary N) is 2. The Morgan fingerprint density at radius 1 is 1.08 bits per heavy atom. The second-order valence-electron chi connectivity index (χ2n) is 11.6. The van der Waals surface area contributed by atoms with Gasteiger partial charge in [0.15, 0.2) is 5.03 Å². The average molecular weight is 732 g/mol. The molecule has 0 aliphatic carbocycles. The third-order valence-corrected chi connectivity index (χ3v) is 12.8. The van der Waals surface area contributed by atoms with Crippen LogP contribution in [-0.2, 0) is 25.6 Å². The first-order valence-electron chi connectivity index (χ1n) is 15.6. The minimum atomic E-state index is -4.06. The van der Waals surface area contributed by atoms with Gasteiger partial charge < -0.3 is 19.9 Å². The van der Waals surface area contributed by atoms with Crippen molar-refractivity contribution in [2.75, 3.05) is 67.7 Å². The number of nitrogens with zero attached hydrogens (tertiary/aromatic N) is 3. The summed E-state index contributed by atoms with van der Waals surface area (Å²) in [6, 6.07) is 19.9. The highest BCUT2D eigenvalue weighted by molar-refractivity contribution is 7.99. The van der Waals surface area contributed by atoms with E-state index in [0.29, 0.717) is 23.2 Å². The zero-order valence-electron chi connectivity index (χ0n) is 27.0. The number of rotatable bonds is 16. The minimum Gasteiger partial charge on any atom is -0.493 e. The van der Waals surface area contributed by atoms with Crippen molar-refractivity contribution in [3.05, 3.63) is 84.2 Å². The molecule has 1 fully saturated rings. The van der Waals surface area contributed by atoms with E-state index >= 15 is 0 Å². The lowest BCUT2D eigenvalue weighted by molar-refractivity contribution is 0.0948. The Hall–Kier alpha value is -3.24. The van der Waals surface area contributed by atoms with E-state index in [0.717, 1.165) is 47.5 Å². The summed E-state index contributed by atoms with van der Waals surface area (Å²) in [7, 11) is -5.80. The number of H-pyrrole nitrogens is 1. The third kappa shape index (κ3) is 9.91. The molecule has 0 spiro atoms. The molecule has 2 aromatic heterocycles. The fraction of sp³-hybridized carbons (Fsp3) is 0.394. The van der Waals surface area contributed by atoms with E-state index in [2.05, 4.69) is 32.3 Å². The highest BCUT2D eigenvalue weighted by Crippen LogP contribution is 2.34. The molecule has 48 heavy (non-hydrogen) atoms. The van der Waals surface area contributed by atoms with E-state index in [1.54, 1.807) is 30.3 Å². The van der Waals surface area contributed by atoms with Crippen LogP contribution >= 0.6 is 23.5 Å². The number of benzene rings is 2. The fourth-order valence-electron chi connectivity index (χ4n) is 5.27. The van der Waals surface area contributed by atoms with Crippen LogP contribution in [0, 0.1) is 0 Å². The van der Waals surface area contributed by atoms with Gasteiger partial charge in [-0.1, -0.05) is 36.4 Å². The summed E-state index contributed by atoms with van der Waals surface area (Å²) in [6.07, 6.45) is 2.84. The molecule has 0 bridgehead atoms. The molecule has 0 saturated carbocycles. The van der Waals surface area contributed by atoms with Crippen molar-refractivity contribution in [1.29, 1.82) is 0 Å². The van der Waals surface area contributed by atoms with Crippen LogP contribution in [0.15, 0.2) is 78.0 Å². The molecule has 15 heteroatoms. The van der Waals surface area contributed by atoms with Crippen LogP contribution in [0.25, 0.3) is 10.9 Å². The molecule has 258 valence electrons. The first-order chi connectivity index (χ1) is 23.0. The smallest absolute Gasteiger partial charge is 0.281 e. The summed E-state index contributed by atoms with van der Waals surface area (Å²) in [5.41, 5.74) is 2.21. The van der Waals surface area contributed by atoms with Gasteiger partial charge in [0.05, 0.1) is 23.6 Å². The molecule has 11 nitrogen and oxygen atoms in total. The Bertz CT molecular complexity index is 1880. The van der Waals surface area contributed by atoms with Gasteiger partial charge in [0.25, 0.3) is 15.9 Å². The molecule has 2 aromatic carbocycles. The van der Waals surface area contributed by atoms with E-state index in [1.807, 2.05) is 41.7 Å². The van der Waals surface area contributed by atoms with Crippen molar-refractivity contribution in [2.24, 2.45) is 0 Å². The number of aromatic nitrogens is 2. The molecule has 1 saturated heterocycles. The molecule has 2 N–H and O–H groups in total.